The van der Waals surface area contributed by atoms with Crippen molar-refractivity contribution < 1.29 is 4.74 Å². The first kappa shape index (κ1) is 5.10. The predicted octanol–water partition coefficient (Wildman–Crippen LogP) is 1.39. The first-order chi connectivity index (χ1) is 3.27. The Morgan fingerprint density at radius 3 is 2.57 bits per heavy atom. The average Bonchev–Trinajstić information content (AvgIpc) is 2.22. The lowest BCUT2D eigenvalue weighted by molar-refractivity contribution is 0.332. The number of hydrogen-bond acceptors (Lipinski definition) is 1. The highest BCUT2D eigenvalue weighted by Crippen LogP contribution is 2.29. The summed E-state index contributed by atoms with van der Waals surface area (Å²) in [5.41, 5.74) is 0.0503. The molecule has 1 aliphatic rings. The minimum Gasteiger partial charge on any atom is -0.370 e. The van der Waals surface area contributed by atoms with Crippen LogP contribution in [0.1, 0.15) is 19.8 Å². The Morgan fingerprint density at radius 2 is 2.43 bits per heavy atom. The van der Waals surface area contributed by atoms with Crippen molar-refractivity contribution in [2.24, 2.45) is 0 Å². The van der Waals surface area contributed by atoms with Gasteiger partial charge in [0.05, 0.1) is 12.2 Å². The number of hydrogen-bond donors (Lipinski definition) is 0. The summed E-state index contributed by atoms with van der Waals surface area (Å²) >= 11 is 0. The molecule has 0 saturated carbocycles. The molecule has 0 aliphatic carbocycles. The fourth-order valence-corrected chi connectivity index (χ4v) is 0.702. The van der Waals surface area contributed by atoms with E-state index in [9.17, 15) is 0 Å². The van der Waals surface area contributed by atoms with Crippen molar-refractivity contribution >= 4 is 0 Å². The van der Waals surface area contributed by atoms with Gasteiger partial charge in [0.25, 0.3) is 0 Å². The Bertz CT molecular complexity index is 64.6. The molecule has 0 aromatic rings. The maximum Gasteiger partial charge on any atom is 0.0917 e. The van der Waals surface area contributed by atoms with Crippen LogP contribution >= 0.6 is 0 Å². The fraction of sp³-hybridized carbons (Fsp3) is 0.833. The molecule has 1 heterocycles. The lowest BCUT2D eigenvalue weighted by atomic mass is 10.1. The molecule has 1 heteroatoms. The zero-order valence-corrected chi connectivity index (χ0v) is 4.74. The number of rotatable bonds is 2. The summed E-state index contributed by atoms with van der Waals surface area (Å²) in [6.45, 7) is 6.87. The van der Waals surface area contributed by atoms with Crippen LogP contribution in [0.4, 0.5) is 0 Å². The van der Waals surface area contributed by atoms with Crippen LogP contribution in [-0.2, 0) is 4.74 Å². The van der Waals surface area contributed by atoms with Gasteiger partial charge in [-0.1, -0.05) is 13.3 Å². The summed E-state index contributed by atoms with van der Waals surface area (Å²) < 4.78 is 5.03. The maximum absolute atomic E-state index is 5.03. The van der Waals surface area contributed by atoms with Gasteiger partial charge in [0.2, 0.25) is 0 Å². The SMILES string of the molecule is [CH2]C1(CCC)CO1. The summed E-state index contributed by atoms with van der Waals surface area (Å²) in [6.07, 6.45) is 2.30. The molecule has 1 saturated heterocycles. The minimum atomic E-state index is 0.0503. The molecule has 0 amide bonds. The van der Waals surface area contributed by atoms with Gasteiger partial charge in [-0.2, -0.15) is 0 Å². The standard InChI is InChI=1S/C6H11O/c1-3-4-6(2)5-7-6/h2-5H2,1H3. The van der Waals surface area contributed by atoms with Gasteiger partial charge in [0.15, 0.2) is 0 Å². The fourth-order valence-electron chi connectivity index (χ4n) is 0.702. The van der Waals surface area contributed by atoms with E-state index >= 15 is 0 Å². The Balaban J connectivity index is 2.13. The van der Waals surface area contributed by atoms with E-state index < -0.39 is 0 Å². The molecular weight excluding hydrogens is 88.1 g/mol. The Morgan fingerprint density at radius 1 is 1.86 bits per heavy atom. The third-order valence-corrected chi connectivity index (χ3v) is 1.26. The molecule has 1 aliphatic heterocycles. The summed E-state index contributed by atoms with van der Waals surface area (Å²) in [6, 6.07) is 0. The second-order valence-electron chi connectivity index (χ2n) is 2.22. The molecule has 0 aromatic heterocycles. The zero-order chi connectivity index (χ0) is 5.33. The van der Waals surface area contributed by atoms with Crippen molar-refractivity contribution in [2.75, 3.05) is 6.61 Å². The van der Waals surface area contributed by atoms with Gasteiger partial charge < -0.3 is 4.74 Å². The molecule has 0 bridgehead atoms. The van der Waals surface area contributed by atoms with E-state index in [2.05, 4.69) is 13.8 Å². The summed E-state index contributed by atoms with van der Waals surface area (Å²) in [7, 11) is 0. The molecule has 1 radical (unpaired) electrons. The summed E-state index contributed by atoms with van der Waals surface area (Å²) in [5.74, 6) is 0. The zero-order valence-electron chi connectivity index (χ0n) is 4.74. The lowest BCUT2D eigenvalue weighted by Crippen LogP contribution is -2.01. The van der Waals surface area contributed by atoms with Crippen molar-refractivity contribution in [3.05, 3.63) is 6.92 Å². The van der Waals surface area contributed by atoms with Gasteiger partial charge in [-0.05, 0) is 13.3 Å². The van der Waals surface area contributed by atoms with Crippen LogP contribution in [0.5, 0.6) is 0 Å². The van der Waals surface area contributed by atoms with Crippen molar-refractivity contribution in [1.29, 1.82) is 0 Å². The van der Waals surface area contributed by atoms with Gasteiger partial charge in [-0.3, -0.25) is 0 Å². The van der Waals surface area contributed by atoms with Crippen LogP contribution in [0.2, 0.25) is 0 Å². The number of ether oxygens (including phenoxy) is 1. The molecule has 1 fully saturated rings. The molecule has 41 valence electrons. The van der Waals surface area contributed by atoms with Crippen LogP contribution in [0.15, 0.2) is 0 Å². The van der Waals surface area contributed by atoms with Crippen LogP contribution in [0.25, 0.3) is 0 Å². The Labute approximate surface area is 44.7 Å². The molecule has 1 nitrogen and oxygen atoms in total. The minimum absolute atomic E-state index is 0.0503. The highest BCUT2D eigenvalue weighted by atomic mass is 16.6. The number of epoxide rings is 1. The van der Waals surface area contributed by atoms with E-state index in [0.29, 0.717) is 0 Å². The van der Waals surface area contributed by atoms with E-state index in [4.69, 9.17) is 4.74 Å². The normalized spacial score (nSPS) is 38.6. The quantitative estimate of drug-likeness (QED) is 0.476. The van der Waals surface area contributed by atoms with Crippen molar-refractivity contribution in [2.45, 2.75) is 25.4 Å². The second-order valence-corrected chi connectivity index (χ2v) is 2.22. The average molecular weight is 99.2 g/mol. The maximum atomic E-state index is 5.03. The molecule has 1 atom stereocenters. The van der Waals surface area contributed by atoms with E-state index in [-0.39, 0.29) is 5.60 Å². The molecule has 1 rings (SSSR count). The van der Waals surface area contributed by atoms with E-state index in [0.717, 1.165) is 13.0 Å². The molecule has 0 N–H and O–H groups in total. The third-order valence-electron chi connectivity index (χ3n) is 1.26. The van der Waals surface area contributed by atoms with Gasteiger partial charge in [0.1, 0.15) is 0 Å². The Hall–Kier alpha value is -0.0400. The highest BCUT2D eigenvalue weighted by Gasteiger charge is 2.37. The van der Waals surface area contributed by atoms with Crippen LogP contribution in [0.3, 0.4) is 0 Å². The topological polar surface area (TPSA) is 12.5 Å². The van der Waals surface area contributed by atoms with Gasteiger partial charge in [-0.15, -0.1) is 0 Å². The molecule has 1 unspecified atom stereocenters. The third kappa shape index (κ3) is 1.16. The first-order valence-corrected chi connectivity index (χ1v) is 2.76. The Kier molecular flexibility index (Phi) is 1.08. The molecule has 0 aromatic carbocycles. The highest BCUT2D eigenvalue weighted by molar-refractivity contribution is 4.93. The lowest BCUT2D eigenvalue weighted by Gasteiger charge is -1.96. The smallest absolute Gasteiger partial charge is 0.0917 e. The van der Waals surface area contributed by atoms with E-state index in [1.165, 1.54) is 6.42 Å². The predicted molar refractivity (Wildman–Crippen MR) is 28.9 cm³/mol. The van der Waals surface area contributed by atoms with Gasteiger partial charge >= 0.3 is 0 Å². The van der Waals surface area contributed by atoms with Crippen LogP contribution in [-0.4, -0.2) is 12.2 Å². The van der Waals surface area contributed by atoms with Crippen LogP contribution in [0, 0.1) is 6.92 Å². The molecular formula is C6H11O. The van der Waals surface area contributed by atoms with Gasteiger partial charge in [-0.25, -0.2) is 0 Å². The second kappa shape index (κ2) is 1.48. The van der Waals surface area contributed by atoms with Crippen LogP contribution < -0.4 is 0 Å². The van der Waals surface area contributed by atoms with E-state index in [1.807, 2.05) is 0 Å². The molecule has 0 spiro atoms. The summed E-state index contributed by atoms with van der Waals surface area (Å²) in [4.78, 5) is 0. The summed E-state index contributed by atoms with van der Waals surface area (Å²) in [5, 5.41) is 0. The first-order valence-electron chi connectivity index (χ1n) is 2.76. The van der Waals surface area contributed by atoms with Crippen molar-refractivity contribution in [3.63, 3.8) is 0 Å². The van der Waals surface area contributed by atoms with E-state index in [1.54, 1.807) is 0 Å². The van der Waals surface area contributed by atoms with Crippen molar-refractivity contribution in [3.8, 4) is 0 Å². The van der Waals surface area contributed by atoms with Gasteiger partial charge in [0, 0.05) is 0 Å². The van der Waals surface area contributed by atoms with Crippen molar-refractivity contribution in [1.82, 2.24) is 0 Å². The monoisotopic (exact) mass is 99.1 g/mol. The molecule has 7 heavy (non-hydrogen) atoms. The largest absolute Gasteiger partial charge is 0.370 e.